The maximum atomic E-state index is 14.0. The first-order valence-corrected chi connectivity index (χ1v) is 10.2. The van der Waals surface area contributed by atoms with E-state index in [9.17, 15) is 17.6 Å². The van der Waals surface area contributed by atoms with Gasteiger partial charge in [-0.05, 0) is 54.8 Å². The lowest BCUT2D eigenvalue weighted by molar-refractivity contribution is 0.118. The number of hydrogen-bond donors (Lipinski definition) is 1. The second kappa shape index (κ2) is 8.05. The molecule has 28 heavy (non-hydrogen) atoms. The standard InChI is InChI=1S/C19H21FN2O5S/c1-3-27-18-7-6-16(11-17(18)20)28(24,25)21-15-5-4-13-8-9-22(19(23)26-2)12-14(13)10-15/h4-7,10-11,21H,3,8-9,12H2,1-2H3. The van der Waals surface area contributed by atoms with Gasteiger partial charge in [0.2, 0.25) is 0 Å². The molecule has 0 aliphatic carbocycles. The summed E-state index contributed by atoms with van der Waals surface area (Å²) in [6, 6.07) is 8.63. The van der Waals surface area contributed by atoms with Crippen LogP contribution < -0.4 is 9.46 Å². The molecule has 0 fully saturated rings. The summed E-state index contributed by atoms with van der Waals surface area (Å²) in [7, 11) is -2.66. The minimum absolute atomic E-state index is 0.00173. The predicted octanol–water partition coefficient (Wildman–Crippen LogP) is 3.15. The Hall–Kier alpha value is -2.81. The third kappa shape index (κ3) is 4.19. The van der Waals surface area contributed by atoms with Gasteiger partial charge < -0.3 is 14.4 Å². The summed E-state index contributed by atoms with van der Waals surface area (Å²) in [5.41, 5.74) is 2.20. The van der Waals surface area contributed by atoms with Gasteiger partial charge in [-0.3, -0.25) is 4.72 Å². The zero-order chi connectivity index (χ0) is 20.3. The maximum absolute atomic E-state index is 14.0. The van der Waals surface area contributed by atoms with E-state index in [-0.39, 0.29) is 17.3 Å². The van der Waals surface area contributed by atoms with Gasteiger partial charge in [0, 0.05) is 18.8 Å². The van der Waals surface area contributed by atoms with Gasteiger partial charge in [-0.15, -0.1) is 0 Å². The van der Waals surface area contributed by atoms with E-state index in [2.05, 4.69) is 4.72 Å². The molecule has 150 valence electrons. The molecule has 0 atom stereocenters. The molecule has 2 aromatic rings. The van der Waals surface area contributed by atoms with Crippen LogP contribution in [-0.2, 0) is 27.7 Å². The molecule has 0 saturated heterocycles. The van der Waals surface area contributed by atoms with E-state index in [0.717, 1.165) is 17.2 Å². The minimum atomic E-state index is -3.98. The highest BCUT2D eigenvalue weighted by atomic mass is 32.2. The number of nitrogens with zero attached hydrogens (tertiary/aromatic N) is 1. The number of halogens is 1. The van der Waals surface area contributed by atoms with Gasteiger partial charge in [0.15, 0.2) is 11.6 Å². The van der Waals surface area contributed by atoms with E-state index >= 15 is 0 Å². The fourth-order valence-corrected chi connectivity index (χ4v) is 4.10. The van der Waals surface area contributed by atoms with Gasteiger partial charge >= 0.3 is 6.09 Å². The van der Waals surface area contributed by atoms with Crippen molar-refractivity contribution in [1.82, 2.24) is 4.90 Å². The molecule has 1 aliphatic rings. The van der Waals surface area contributed by atoms with Crippen molar-refractivity contribution in [2.45, 2.75) is 24.8 Å². The number of rotatable bonds is 5. The summed E-state index contributed by atoms with van der Waals surface area (Å²) in [5.74, 6) is -0.748. The van der Waals surface area contributed by atoms with Gasteiger partial charge in [-0.2, -0.15) is 0 Å². The van der Waals surface area contributed by atoms with E-state index < -0.39 is 21.9 Å². The third-order valence-electron chi connectivity index (χ3n) is 4.42. The zero-order valence-electron chi connectivity index (χ0n) is 15.6. The predicted molar refractivity (Wildman–Crippen MR) is 101 cm³/mol. The van der Waals surface area contributed by atoms with Crippen molar-refractivity contribution in [1.29, 1.82) is 0 Å². The molecule has 2 aromatic carbocycles. The maximum Gasteiger partial charge on any atom is 0.409 e. The number of sulfonamides is 1. The topological polar surface area (TPSA) is 84.9 Å². The fourth-order valence-electron chi connectivity index (χ4n) is 3.04. The van der Waals surface area contributed by atoms with E-state index in [0.29, 0.717) is 25.2 Å². The molecule has 9 heteroatoms. The number of carbonyl (C=O) groups is 1. The monoisotopic (exact) mass is 408 g/mol. The van der Waals surface area contributed by atoms with E-state index in [1.807, 2.05) is 6.07 Å². The summed E-state index contributed by atoms with van der Waals surface area (Å²) < 4.78 is 51.5. The van der Waals surface area contributed by atoms with Crippen LogP contribution in [0.2, 0.25) is 0 Å². The summed E-state index contributed by atoms with van der Waals surface area (Å²) in [4.78, 5) is 13.1. The molecule has 0 radical (unpaired) electrons. The lowest BCUT2D eigenvalue weighted by atomic mass is 9.99. The van der Waals surface area contributed by atoms with Gasteiger partial charge in [0.05, 0.1) is 18.6 Å². The fraction of sp³-hybridized carbons (Fsp3) is 0.316. The molecule has 1 aliphatic heterocycles. The zero-order valence-corrected chi connectivity index (χ0v) is 16.4. The molecule has 0 unspecified atom stereocenters. The summed E-state index contributed by atoms with van der Waals surface area (Å²) in [6.07, 6.45) is 0.225. The molecule has 1 amide bonds. The van der Waals surface area contributed by atoms with Gasteiger partial charge in [-0.1, -0.05) is 6.07 Å². The summed E-state index contributed by atoms with van der Waals surface area (Å²) in [5, 5.41) is 0. The molecule has 0 spiro atoms. The molecular formula is C19H21FN2O5S. The van der Waals surface area contributed by atoms with E-state index in [1.54, 1.807) is 24.0 Å². The van der Waals surface area contributed by atoms with Crippen LogP contribution in [0, 0.1) is 5.82 Å². The average molecular weight is 408 g/mol. The first-order chi connectivity index (χ1) is 13.3. The van der Waals surface area contributed by atoms with Crippen molar-refractivity contribution in [2.75, 3.05) is 25.0 Å². The molecule has 1 N–H and O–H groups in total. The number of carbonyl (C=O) groups excluding carboxylic acids is 1. The SMILES string of the molecule is CCOc1ccc(S(=O)(=O)Nc2ccc3c(c2)CN(C(=O)OC)CC3)cc1F. The number of methoxy groups -OCH3 is 1. The molecule has 7 nitrogen and oxygen atoms in total. The Morgan fingerprint density at radius 2 is 2.00 bits per heavy atom. The Morgan fingerprint density at radius 1 is 1.21 bits per heavy atom. The molecule has 0 saturated carbocycles. The van der Waals surface area contributed by atoms with Crippen LogP contribution >= 0.6 is 0 Å². The van der Waals surface area contributed by atoms with Crippen LogP contribution in [0.15, 0.2) is 41.3 Å². The first-order valence-electron chi connectivity index (χ1n) is 8.74. The number of hydrogen-bond acceptors (Lipinski definition) is 5. The van der Waals surface area contributed by atoms with E-state index in [1.165, 1.54) is 19.2 Å². The smallest absolute Gasteiger partial charge is 0.409 e. The Kier molecular flexibility index (Phi) is 5.73. The van der Waals surface area contributed by atoms with Crippen LogP contribution in [0.25, 0.3) is 0 Å². The quantitative estimate of drug-likeness (QED) is 0.822. The Labute approximate surface area is 163 Å². The van der Waals surface area contributed by atoms with Crippen molar-refractivity contribution in [2.24, 2.45) is 0 Å². The molecule has 1 heterocycles. The number of nitrogens with one attached hydrogen (secondary N) is 1. The first kappa shape index (κ1) is 19.9. The molecular weight excluding hydrogens is 387 g/mol. The minimum Gasteiger partial charge on any atom is -0.491 e. The third-order valence-corrected chi connectivity index (χ3v) is 5.80. The number of ether oxygens (including phenoxy) is 2. The van der Waals surface area contributed by atoms with Crippen LogP contribution in [0.4, 0.5) is 14.9 Å². The summed E-state index contributed by atoms with van der Waals surface area (Å²) in [6.45, 7) is 2.85. The highest BCUT2D eigenvalue weighted by Crippen LogP contribution is 2.26. The average Bonchev–Trinajstić information content (AvgIpc) is 2.68. The number of amides is 1. The van der Waals surface area contributed by atoms with Crippen molar-refractivity contribution in [3.05, 3.63) is 53.3 Å². The van der Waals surface area contributed by atoms with E-state index in [4.69, 9.17) is 9.47 Å². The Morgan fingerprint density at radius 3 is 2.68 bits per heavy atom. The van der Waals surface area contributed by atoms with Crippen molar-refractivity contribution in [3.8, 4) is 5.75 Å². The van der Waals surface area contributed by atoms with Crippen molar-refractivity contribution >= 4 is 21.8 Å². The van der Waals surface area contributed by atoms with Crippen LogP contribution in [0.5, 0.6) is 5.75 Å². The van der Waals surface area contributed by atoms with Crippen molar-refractivity contribution in [3.63, 3.8) is 0 Å². The summed E-state index contributed by atoms with van der Waals surface area (Å²) >= 11 is 0. The lowest BCUT2D eigenvalue weighted by Crippen LogP contribution is -2.35. The molecule has 3 rings (SSSR count). The van der Waals surface area contributed by atoms with Gasteiger partial charge in [0.1, 0.15) is 0 Å². The second-order valence-corrected chi connectivity index (χ2v) is 7.94. The number of anilines is 1. The highest BCUT2D eigenvalue weighted by Gasteiger charge is 2.22. The van der Waals surface area contributed by atoms with Crippen LogP contribution in [0.3, 0.4) is 0 Å². The molecule has 0 aromatic heterocycles. The number of benzene rings is 2. The second-order valence-electron chi connectivity index (χ2n) is 6.26. The Bertz CT molecular complexity index is 994. The highest BCUT2D eigenvalue weighted by molar-refractivity contribution is 7.92. The van der Waals surface area contributed by atoms with Gasteiger partial charge in [0.25, 0.3) is 10.0 Å². The van der Waals surface area contributed by atoms with Crippen molar-refractivity contribution < 1.29 is 27.1 Å². The van der Waals surface area contributed by atoms with Crippen LogP contribution in [-0.4, -0.2) is 39.7 Å². The Balaban J connectivity index is 1.82. The van der Waals surface area contributed by atoms with Gasteiger partial charge in [-0.25, -0.2) is 17.6 Å². The lowest BCUT2D eigenvalue weighted by Gasteiger charge is -2.28. The number of fused-ring (bicyclic) bond motifs is 1. The molecule has 0 bridgehead atoms. The normalized spacial score (nSPS) is 13.6. The largest absolute Gasteiger partial charge is 0.491 e. The van der Waals surface area contributed by atoms with Crippen LogP contribution in [0.1, 0.15) is 18.1 Å².